The molecule has 1 saturated heterocycles. The average molecular weight is 556 g/mol. The van der Waals surface area contributed by atoms with Crippen molar-refractivity contribution in [3.05, 3.63) is 87.7 Å². The summed E-state index contributed by atoms with van der Waals surface area (Å²) < 4.78 is 35.3. The van der Waals surface area contributed by atoms with Gasteiger partial charge in [-0.15, -0.1) is 0 Å². The van der Waals surface area contributed by atoms with Gasteiger partial charge in [0, 0.05) is 12.6 Å². The van der Waals surface area contributed by atoms with E-state index < -0.39 is 29.3 Å². The molecule has 39 heavy (non-hydrogen) atoms. The number of benzene rings is 3. The molecule has 204 valence electrons. The molecule has 0 aromatic heterocycles. The van der Waals surface area contributed by atoms with Crippen molar-refractivity contribution in [1.82, 2.24) is 4.90 Å². The lowest BCUT2D eigenvalue weighted by atomic mass is 9.94. The van der Waals surface area contributed by atoms with E-state index in [0.717, 1.165) is 0 Å². The number of carbonyl (C=O) groups excluding carboxylic acids is 2. The third-order valence-corrected chi connectivity index (χ3v) is 6.63. The van der Waals surface area contributed by atoms with Gasteiger partial charge in [0.05, 0.1) is 50.1 Å². The molecular weight excluding hydrogens is 529 g/mol. The molecule has 0 radical (unpaired) electrons. The van der Waals surface area contributed by atoms with Crippen LogP contribution in [-0.4, -0.2) is 49.6 Å². The number of aliphatic hydroxyl groups excluding tert-OH is 1. The van der Waals surface area contributed by atoms with Gasteiger partial charge in [0.2, 0.25) is 0 Å². The topological polar surface area (TPSA) is 94.5 Å². The van der Waals surface area contributed by atoms with Gasteiger partial charge in [0.15, 0.2) is 11.5 Å². The lowest BCUT2D eigenvalue weighted by Gasteiger charge is -2.26. The first kappa shape index (κ1) is 27.8. The van der Waals surface area contributed by atoms with E-state index in [0.29, 0.717) is 35.0 Å². The molecule has 1 unspecified atom stereocenters. The summed E-state index contributed by atoms with van der Waals surface area (Å²) in [5.74, 6) is -1.31. The Morgan fingerprint density at radius 3 is 2.21 bits per heavy atom. The molecule has 0 bridgehead atoms. The molecule has 1 atom stereocenters. The lowest BCUT2D eigenvalue weighted by Crippen LogP contribution is -2.29. The van der Waals surface area contributed by atoms with Crippen molar-refractivity contribution in [2.45, 2.75) is 19.5 Å². The summed E-state index contributed by atoms with van der Waals surface area (Å²) in [6.07, 6.45) is 0. The predicted octanol–water partition coefficient (Wildman–Crippen LogP) is 5.53. The largest absolute Gasteiger partial charge is 0.507 e. The van der Waals surface area contributed by atoms with Gasteiger partial charge in [-0.25, -0.2) is 4.39 Å². The number of nitrogens with zero attached hydrogens (tertiary/aromatic N) is 1. The molecule has 1 aliphatic rings. The number of amides is 1. The maximum atomic E-state index is 13.6. The minimum Gasteiger partial charge on any atom is -0.507 e. The minimum absolute atomic E-state index is 0.0250. The number of ether oxygens (including phenoxy) is 4. The van der Waals surface area contributed by atoms with Crippen molar-refractivity contribution in [1.29, 1.82) is 0 Å². The highest BCUT2D eigenvalue weighted by Gasteiger charge is 2.46. The normalized spacial score (nSPS) is 16.4. The molecule has 1 aliphatic heterocycles. The van der Waals surface area contributed by atoms with E-state index in [9.17, 15) is 19.1 Å². The third-order valence-electron chi connectivity index (χ3n) is 6.34. The summed E-state index contributed by atoms with van der Waals surface area (Å²) in [4.78, 5) is 28.2. The molecular formula is C29H27ClFNO7. The molecule has 1 N–H and O–H groups in total. The van der Waals surface area contributed by atoms with Crippen LogP contribution in [0, 0.1) is 5.82 Å². The van der Waals surface area contributed by atoms with Crippen LogP contribution in [0.1, 0.15) is 29.7 Å². The van der Waals surface area contributed by atoms with Crippen LogP contribution in [0.25, 0.3) is 5.76 Å². The Morgan fingerprint density at radius 1 is 0.923 bits per heavy atom. The molecule has 0 saturated carbocycles. The zero-order valence-electron chi connectivity index (χ0n) is 21.8. The maximum Gasteiger partial charge on any atom is 0.295 e. The lowest BCUT2D eigenvalue weighted by molar-refractivity contribution is -0.140. The quantitative estimate of drug-likeness (QED) is 0.211. The fourth-order valence-electron chi connectivity index (χ4n) is 4.50. The Hall–Kier alpha value is -4.24. The molecule has 8 nitrogen and oxygen atoms in total. The fraction of sp³-hybridized carbons (Fsp3) is 0.241. The standard InChI is InChI=1S/C29H27ClFNO7/c1-5-39-24-12-17(8-11-21(24)36-2)26-25(27(33)19-13-20(30)23(38-4)14-22(19)37-3)28(34)29(35)32(26)15-16-6-9-18(31)10-7-16/h6-14,26,33H,5,15H2,1-4H3/b27-25+. The van der Waals surface area contributed by atoms with Crippen LogP contribution >= 0.6 is 11.6 Å². The summed E-state index contributed by atoms with van der Waals surface area (Å²) in [5, 5.41) is 11.7. The van der Waals surface area contributed by atoms with Gasteiger partial charge in [0.25, 0.3) is 11.7 Å². The van der Waals surface area contributed by atoms with Gasteiger partial charge in [-0.05, 0) is 48.4 Å². The second kappa shape index (κ2) is 11.7. The number of Topliss-reactive ketones (excluding diaryl/α,β-unsaturated/α-hetero) is 1. The number of hydrogen-bond acceptors (Lipinski definition) is 7. The first-order valence-electron chi connectivity index (χ1n) is 12.0. The number of rotatable bonds is 9. The van der Waals surface area contributed by atoms with Crippen LogP contribution in [0.4, 0.5) is 4.39 Å². The number of ketones is 1. The Morgan fingerprint density at radius 2 is 1.59 bits per heavy atom. The summed E-state index contributed by atoms with van der Waals surface area (Å²) in [5.41, 5.74) is 1.01. The number of likely N-dealkylation sites (tertiary alicyclic amines) is 1. The monoisotopic (exact) mass is 555 g/mol. The van der Waals surface area contributed by atoms with Crippen molar-refractivity contribution in [2.75, 3.05) is 27.9 Å². The van der Waals surface area contributed by atoms with E-state index in [1.54, 1.807) is 18.2 Å². The van der Waals surface area contributed by atoms with Gasteiger partial charge >= 0.3 is 0 Å². The van der Waals surface area contributed by atoms with Crippen LogP contribution in [0.5, 0.6) is 23.0 Å². The van der Waals surface area contributed by atoms with Crippen molar-refractivity contribution in [2.24, 2.45) is 0 Å². The molecule has 1 heterocycles. The van der Waals surface area contributed by atoms with Gasteiger partial charge in [-0.1, -0.05) is 29.8 Å². The maximum absolute atomic E-state index is 13.6. The second-order valence-electron chi connectivity index (χ2n) is 8.58. The second-order valence-corrected chi connectivity index (χ2v) is 8.99. The van der Waals surface area contributed by atoms with E-state index in [4.69, 9.17) is 30.5 Å². The van der Waals surface area contributed by atoms with Gasteiger partial charge < -0.3 is 29.0 Å². The first-order valence-corrected chi connectivity index (χ1v) is 12.4. The molecule has 1 amide bonds. The molecule has 10 heteroatoms. The van der Waals surface area contributed by atoms with Crippen LogP contribution < -0.4 is 18.9 Å². The van der Waals surface area contributed by atoms with Crippen LogP contribution in [-0.2, 0) is 16.1 Å². The Labute approximate surface area is 230 Å². The van der Waals surface area contributed by atoms with Crippen molar-refractivity contribution < 1.29 is 38.0 Å². The minimum atomic E-state index is -1.02. The first-order chi connectivity index (χ1) is 18.7. The molecule has 3 aromatic rings. The number of carbonyl (C=O) groups is 2. The SMILES string of the molecule is CCOc1cc(C2/C(=C(\O)c3cc(Cl)c(OC)cc3OC)C(=O)C(=O)N2Cc2ccc(F)cc2)ccc1OC. The molecule has 3 aromatic carbocycles. The van der Waals surface area contributed by atoms with Crippen LogP contribution in [0.15, 0.2) is 60.2 Å². The summed E-state index contributed by atoms with van der Waals surface area (Å²) in [7, 11) is 4.32. The number of hydrogen-bond donors (Lipinski definition) is 1. The highest BCUT2D eigenvalue weighted by Crippen LogP contribution is 2.45. The zero-order valence-corrected chi connectivity index (χ0v) is 22.5. The predicted molar refractivity (Wildman–Crippen MR) is 143 cm³/mol. The zero-order chi connectivity index (χ0) is 28.3. The van der Waals surface area contributed by atoms with Gasteiger partial charge in [0.1, 0.15) is 23.1 Å². The van der Waals surface area contributed by atoms with Crippen molar-refractivity contribution in [3.8, 4) is 23.0 Å². The molecule has 4 rings (SSSR count). The fourth-order valence-corrected chi connectivity index (χ4v) is 4.74. The highest BCUT2D eigenvalue weighted by molar-refractivity contribution is 6.46. The molecule has 0 aliphatic carbocycles. The number of halogens is 2. The van der Waals surface area contributed by atoms with E-state index >= 15 is 0 Å². The smallest absolute Gasteiger partial charge is 0.295 e. The van der Waals surface area contributed by atoms with Crippen molar-refractivity contribution >= 4 is 29.1 Å². The van der Waals surface area contributed by atoms with Gasteiger partial charge in [-0.2, -0.15) is 0 Å². The average Bonchev–Trinajstić information content (AvgIpc) is 3.18. The van der Waals surface area contributed by atoms with E-state index in [1.165, 1.54) is 62.6 Å². The highest BCUT2D eigenvalue weighted by atomic mass is 35.5. The number of methoxy groups -OCH3 is 3. The summed E-state index contributed by atoms with van der Waals surface area (Å²) >= 11 is 6.33. The van der Waals surface area contributed by atoms with Crippen molar-refractivity contribution in [3.63, 3.8) is 0 Å². The number of aliphatic hydroxyl groups is 1. The summed E-state index contributed by atoms with van der Waals surface area (Å²) in [6, 6.07) is 12.4. The van der Waals surface area contributed by atoms with Crippen LogP contribution in [0.3, 0.4) is 0 Å². The molecule has 1 fully saturated rings. The Kier molecular flexibility index (Phi) is 8.30. The van der Waals surface area contributed by atoms with E-state index in [2.05, 4.69) is 0 Å². The molecule has 0 spiro atoms. The summed E-state index contributed by atoms with van der Waals surface area (Å²) in [6.45, 7) is 2.13. The van der Waals surface area contributed by atoms with Crippen LogP contribution in [0.2, 0.25) is 5.02 Å². The van der Waals surface area contributed by atoms with E-state index in [-0.39, 0.29) is 28.5 Å². The van der Waals surface area contributed by atoms with Gasteiger partial charge in [-0.3, -0.25) is 9.59 Å². The third kappa shape index (κ3) is 5.35. The Balaban J connectivity index is 1.94. The Bertz CT molecular complexity index is 1440. The van der Waals surface area contributed by atoms with E-state index in [1.807, 2.05) is 6.92 Å².